The van der Waals surface area contributed by atoms with E-state index < -0.39 is 6.09 Å². The van der Waals surface area contributed by atoms with Gasteiger partial charge in [0.2, 0.25) is 5.91 Å². The maximum atomic E-state index is 13.4. The predicted octanol–water partition coefficient (Wildman–Crippen LogP) is 4.96. The van der Waals surface area contributed by atoms with Crippen molar-refractivity contribution in [2.75, 3.05) is 23.5 Å². The summed E-state index contributed by atoms with van der Waals surface area (Å²) in [4.78, 5) is 29.2. The fraction of sp³-hybridized carbons (Fsp3) is 0.346. The molecule has 176 valence electrons. The van der Waals surface area contributed by atoms with Gasteiger partial charge < -0.3 is 14.4 Å². The Bertz CT molecular complexity index is 1260. The molecule has 1 aliphatic carbocycles. The molecule has 0 saturated heterocycles. The number of carbonyl (C=O) groups excluding carboxylic acids is 2. The van der Waals surface area contributed by atoms with Crippen LogP contribution in [0.4, 0.5) is 16.2 Å². The summed E-state index contributed by atoms with van der Waals surface area (Å²) in [6, 6.07) is 11.5. The molecule has 8 nitrogen and oxygen atoms in total. The van der Waals surface area contributed by atoms with Gasteiger partial charge in [-0.05, 0) is 62.1 Å². The number of carbonyl (C=O) groups is 2. The lowest BCUT2D eigenvalue weighted by Crippen LogP contribution is -2.52. The van der Waals surface area contributed by atoms with Crippen molar-refractivity contribution in [2.24, 2.45) is 0 Å². The highest BCUT2D eigenvalue weighted by atomic mass is 16.6. The molecule has 3 aromatic rings. The van der Waals surface area contributed by atoms with Crippen molar-refractivity contribution in [2.45, 2.75) is 45.7 Å². The second-order valence-corrected chi connectivity index (χ2v) is 9.01. The normalized spacial score (nSPS) is 17.4. The van der Waals surface area contributed by atoms with E-state index in [4.69, 9.17) is 9.47 Å². The first-order valence-electron chi connectivity index (χ1n) is 11.5. The van der Waals surface area contributed by atoms with Gasteiger partial charge in [-0.2, -0.15) is 5.10 Å². The van der Waals surface area contributed by atoms with Gasteiger partial charge in [-0.1, -0.05) is 12.1 Å². The zero-order valence-corrected chi connectivity index (χ0v) is 19.8. The van der Waals surface area contributed by atoms with E-state index in [1.807, 2.05) is 61.3 Å². The summed E-state index contributed by atoms with van der Waals surface area (Å²) in [5.41, 5.74) is 4.20. The first-order chi connectivity index (χ1) is 16.4. The maximum absolute atomic E-state index is 13.4. The van der Waals surface area contributed by atoms with Crippen molar-refractivity contribution in [3.05, 3.63) is 54.4 Å². The van der Waals surface area contributed by atoms with Crippen LogP contribution in [-0.4, -0.2) is 41.5 Å². The molecule has 1 saturated carbocycles. The predicted molar refractivity (Wildman–Crippen MR) is 130 cm³/mol. The van der Waals surface area contributed by atoms with Crippen LogP contribution in [0.2, 0.25) is 0 Å². The number of nitrogens with zero attached hydrogens (tertiary/aromatic N) is 4. The number of benzene rings is 2. The summed E-state index contributed by atoms with van der Waals surface area (Å²) >= 11 is 0. The zero-order chi connectivity index (χ0) is 24.0. The Balaban J connectivity index is 1.52. The largest absolute Gasteiger partial charge is 0.493 e. The van der Waals surface area contributed by atoms with Gasteiger partial charge in [-0.15, -0.1) is 0 Å². The Kier molecular flexibility index (Phi) is 5.51. The first-order valence-corrected chi connectivity index (χ1v) is 11.5. The van der Waals surface area contributed by atoms with Crippen LogP contribution in [0.15, 0.2) is 48.8 Å². The fourth-order valence-electron chi connectivity index (χ4n) is 4.49. The molecule has 34 heavy (non-hydrogen) atoms. The van der Waals surface area contributed by atoms with Crippen LogP contribution in [0.25, 0.3) is 11.1 Å². The van der Waals surface area contributed by atoms with Gasteiger partial charge in [-0.25, -0.2) is 4.79 Å². The molecule has 1 atom stereocenters. The van der Waals surface area contributed by atoms with Gasteiger partial charge in [0.05, 0.1) is 36.8 Å². The van der Waals surface area contributed by atoms with Crippen molar-refractivity contribution in [1.29, 1.82) is 0 Å². The number of hydrogen-bond donors (Lipinski definition) is 0. The minimum absolute atomic E-state index is 0.0729. The molecule has 0 spiro atoms. The lowest BCUT2D eigenvalue weighted by molar-refractivity contribution is -0.117. The molecule has 0 radical (unpaired) electrons. The SMILES string of the molecule is COc1cc(C)ccc1OC(=O)N1CC(C)N(C(C)=O)c2ccc(-c3cnn(C4CC4)c3)cc21. The van der Waals surface area contributed by atoms with Crippen LogP contribution in [0.5, 0.6) is 11.5 Å². The van der Waals surface area contributed by atoms with Crippen molar-refractivity contribution >= 4 is 23.4 Å². The van der Waals surface area contributed by atoms with Crippen LogP contribution in [0.1, 0.15) is 38.3 Å². The number of rotatable bonds is 4. The van der Waals surface area contributed by atoms with E-state index in [0.29, 0.717) is 35.5 Å². The molecule has 2 heterocycles. The standard InChI is InChI=1S/C26H28N4O4/c1-16-5-10-24(25(11-16)33-4)34-26(32)28-14-17(2)30(18(3)31)22-9-6-19(12-23(22)28)20-13-27-29(15-20)21-7-8-21/h5-6,9-13,15,17,21H,7-8,14H2,1-4H3. The second-order valence-electron chi connectivity index (χ2n) is 9.01. The molecular weight excluding hydrogens is 432 g/mol. The lowest BCUT2D eigenvalue weighted by Gasteiger charge is -2.40. The van der Waals surface area contributed by atoms with E-state index in [1.54, 1.807) is 29.9 Å². The third kappa shape index (κ3) is 4.00. The number of methoxy groups -OCH3 is 1. The number of fused-ring (bicyclic) bond motifs is 1. The Morgan fingerprint density at radius 2 is 1.82 bits per heavy atom. The van der Waals surface area contributed by atoms with Gasteiger partial charge in [0.25, 0.3) is 0 Å². The number of aryl methyl sites for hydroxylation is 1. The molecule has 5 rings (SSSR count). The van der Waals surface area contributed by atoms with Crippen LogP contribution >= 0.6 is 0 Å². The highest BCUT2D eigenvalue weighted by Crippen LogP contribution is 2.41. The van der Waals surface area contributed by atoms with Gasteiger partial charge in [0.15, 0.2) is 11.5 Å². The quantitative estimate of drug-likeness (QED) is 0.550. The Hall–Kier alpha value is -3.81. The highest BCUT2D eigenvalue weighted by Gasteiger charge is 2.35. The number of aromatic nitrogens is 2. The van der Waals surface area contributed by atoms with Gasteiger partial charge in [0, 0.05) is 25.2 Å². The van der Waals surface area contributed by atoms with E-state index in [-0.39, 0.29) is 11.9 Å². The summed E-state index contributed by atoms with van der Waals surface area (Å²) in [5, 5.41) is 4.49. The molecular formula is C26H28N4O4. The number of anilines is 2. The molecule has 0 bridgehead atoms. The molecule has 2 amide bonds. The molecule has 1 aromatic heterocycles. The Morgan fingerprint density at radius 1 is 1.03 bits per heavy atom. The third-order valence-corrected chi connectivity index (χ3v) is 6.35. The number of hydrogen-bond acceptors (Lipinski definition) is 5. The van der Waals surface area contributed by atoms with E-state index >= 15 is 0 Å². The van der Waals surface area contributed by atoms with Crippen LogP contribution < -0.4 is 19.3 Å². The Labute approximate surface area is 198 Å². The maximum Gasteiger partial charge on any atom is 0.420 e. The van der Waals surface area contributed by atoms with E-state index in [2.05, 4.69) is 5.10 Å². The Morgan fingerprint density at radius 3 is 2.53 bits per heavy atom. The molecule has 8 heteroatoms. The van der Waals surface area contributed by atoms with Crippen molar-refractivity contribution < 1.29 is 19.1 Å². The monoisotopic (exact) mass is 460 g/mol. The van der Waals surface area contributed by atoms with Gasteiger partial charge in [-0.3, -0.25) is 14.4 Å². The van der Waals surface area contributed by atoms with Crippen LogP contribution in [0, 0.1) is 6.92 Å². The minimum Gasteiger partial charge on any atom is -0.493 e. The molecule has 2 aliphatic rings. The van der Waals surface area contributed by atoms with Gasteiger partial charge in [0.1, 0.15) is 0 Å². The molecule has 2 aromatic carbocycles. The summed E-state index contributed by atoms with van der Waals surface area (Å²) in [7, 11) is 1.54. The summed E-state index contributed by atoms with van der Waals surface area (Å²) in [5.74, 6) is 0.768. The van der Waals surface area contributed by atoms with Gasteiger partial charge >= 0.3 is 6.09 Å². The van der Waals surface area contributed by atoms with E-state index in [1.165, 1.54) is 0 Å². The number of ether oxygens (including phenoxy) is 2. The van der Waals surface area contributed by atoms with E-state index in [0.717, 1.165) is 29.5 Å². The van der Waals surface area contributed by atoms with Crippen molar-refractivity contribution in [3.8, 4) is 22.6 Å². The minimum atomic E-state index is -0.524. The molecule has 1 aliphatic heterocycles. The highest BCUT2D eigenvalue weighted by molar-refractivity contribution is 6.03. The summed E-state index contributed by atoms with van der Waals surface area (Å²) in [6.45, 7) is 5.72. The molecule has 1 unspecified atom stereocenters. The topological polar surface area (TPSA) is 76.9 Å². The molecule has 0 N–H and O–H groups in total. The first kappa shape index (κ1) is 22.0. The van der Waals surface area contributed by atoms with Crippen molar-refractivity contribution in [1.82, 2.24) is 9.78 Å². The average Bonchev–Trinajstić information content (AvgIpc) is 3.55. The third-order valence-electron chi connectivity index (χ3n) is 6.35. The summed E-state index contributed by atoms with van der Waals surface area (Å²) in [6.07, 6.45) is 5.66. The van der Waals surface area contributed by atoms with Crippen LogP contribution in [-0.2, 0) is 4.79 Å². The fourth-order valence-corrected chi connectivity index (χ4v) is 4.49. The van der Waals surface area contributed by atoms with E-state index in [9.17, 15) is 9.59 Å². The zero-order valence-electron chi connectivity index (χ0n) is 19.8. The lowest BCUT2D eigenvalue weighted by atomic mass is 10.0. The van der Waals surface area contributed by atoms with Crippen LogP contribution in [0.3, 0.4) is 0 Å². The van der Waals surface area contributed by atoms with Crippen molar-refractivity contribution in [3.63, 3.8) is 0 Å². The average molecular weight is 461 g/mol. The second kappa shape index (κ2) is 8.52. The number of amides is 2. The molecule has 1 fully saturated rings. The summed E-state index contributed by atoms with van der Waals surface area (Å²) < 4.78 is 13.2. The smallest absolute Gasteiger partial charge is 0.420 e.